The number of nitrogens with one attached hydrogen (secondary N) is 1. The Morgan fingerprint density at radius 2 is 2.00 bits per heavy atom. The van der Waals surface area contributed by atoms with E-state index in [1.807, 2.05) is 60.7 Å². The molecule has 1 atom stereocenters. The van der Waals surface area contributed by atoms with Gasteiger partial charge in [-0.15, -0.1) is 0 Å². The van der Waals surface area contributed by atoms with Crippen molar-refractivity contribution in [3.05, 3.63) is 71.9 Å². The molecule has 1 aromatic heterocycles. The number of benzene rings is 2. The van der Waals surface area contributed by atoms with Crippen molar-refractivity contribution in [3.8, 4) is 5.75 Å². The zero-order valence-electron chi connectivity index (χ0n) is 15.0. The van der Waals surface area contributed by atoms with Crippen LogP contribution in [0.4, 0.5) is 5.69 Å². The SMILES string of the molecule is O=C(Nc1cccc2ncccc12)C1CC(C2=Cc3ccccc3OC2)=NO1. The Labute approximate surface area is 161 Å². The van der Waals surface area contributed by atoms with Gasteiger partial charge >= 0.3 is 0 Å². The van der Waals surface area contributed by atoms with E-state index in [1.165, 1.54) is 0 Å². The summed E-state index contributed by atoms with van der Waals surface area (Å²) in [5.74, 6) is 0.623. The lowest BCUT2D eigenvalue weighted by molar-refractivity contribution is -0.125. The van der Waals surface area contributed by atoms with E-state index in [9.17, 15) is 4.79 Å². The predicted octanol–water partition coefficient (Wildman–Crippen LogP) is 3.79. The molecule has 2 aromatic carbocycles. The van der Waals surface area contributed by atoms with E-state index in [0.717, 1.165) is 33.5 Å². The van der Waals surface area contributed by atoms with Gasteiger partial charge in [0.2, 0.25) is 6.10 Å². The van der Waals surface area contributed by atoms with Crippen LogP contribution in [0.15, 0.2) is 71.5 Å². The monoisotopic (exact) mass is 371 g/mol. The first-order valence-electron chi connectivity index (χ1n) is 9.08. The third kappa shape index (κ3) is 2.99. The van der Waals surface area contributed by atoms with Crippen LogP contribution in [0, 0.1) is 0 Å². The predicted molar refractivity (Wildman–Crippen MR) is 107 cm³/mol. The number of pyridine rings is 1. The number of fused-ring (bicyclic) bond motifs is 2. The van der Waals surface area contributed by atoms with E-state index < -0.39 is 6.10 Å². The summed E-state index contributed by atoms with van der Waals surface area (Å²) in [6.07, 6.45) is 3.51. The first-order chi connectivity index (χ1) is 13.8. The number of carbonyl (C=O) groups is 1. The van der Waals surface area contributed by atoms with Crippen molar-refractivity contribution in [2.75, 3.05) is 11.9 Å². The molecule has 6 nitrogen and oxygen atoms in total. The second-order valence-electron chi connectivity index (χ2n) is 6.70. The van der Waals surface area contributed by atoms with Gasteiger partial charge in [0.1, 0.15) is 12.4 Å². The molecule has 3 aromatic rings. The van der Waals surface area contributed by atoms with Gasteiger partial charge in [0.15, 0.2) is 0 Å². The van der Waals surface area contributed by atoms with Gasteiger partial charge in [-0.2, -0.15) is 0 Å². The Balaban J connectivity index is 1.31. The molecule has 1 N–H and O–H groups in total. The third-order valence-corrected chi connectivity index (χ3v) is 4.87. The Hall–Kier alpha value is -3.67. The van der Waals surface area contributed by atoms with Gasteiger partial charge in [-0.3, -0.25) is 9.78 Å². The number of para-hydroxylation sites is 1. The maximum atomic E-state index is 12.7. The fraction of sp³-hybridized carbons (Fsp3) is 0.136. The summed E-state index contributed by atoms with van der Waals surface area (Å²) in [5, 5.41) is 7.96. The molecule has 138 valence electrons. The number of hydrogen-bond acceptors (Lipinski definition) is 5. The van der Waals surface area contributed by atoms with Gasteiger partial charge in [-0.25, -0.2) is 0 Å². The van der Waals surface area contributed by atoms with Gasteiger partial charge in [-0.05, 0) is 36.4 Å². The highest BCUT2D eigenvalue weighted by atomic mass is 16.6. The normalized spacial score (nSPS) is 17.8. The molecule has 0 spiro atoms. The summed E-state index contributed by atoms with van der Waals surface area (Å²) in [5.41, 5.74) is 4.22. The van der Waals surface area contributed by atoms with E-state index in [2.05, 4.69) is 15.5 Å². The average Bonchev–Trinajstić information content (AvgIpc) is 3.24. The molecule has 3 heterocycles. The molecular formula is C22H17N3O3. The number of nitrogens with zero attached hydrogens (tertiary/aromatic N) is 2. The number of hydrogen-bond donors (Lipinski definition) is 1. The fourth-order valence-corrected chi connectivity index (χ4v) is 3.42. The molecule has 2 aliphatic heterocycles. The van der Waals surface area contributed by atoms with Gasteiger partial charge in [0.25, 0.3) is 5.91 Å². The van der Waals surface area contributed by atoms with E-state index in [-0.39, 0.29) is 5.91 Å². The van der Waals surface area contributed by atoms with Crippen LogP contribution in [0.2, 0.25) is 0 Å². The highest BCUT2D eigenvalue weighted by Gasteiger charge is 2.31. The molecule has 5 rings (SSSR count). The van der Waals surface area contributed by atoms with Crippen molar-refractivity contribution in [2.24, 2.45) is 5.16 Å². The third-order valence-electron chi connectivity index (χ3n) is 4.87. The first kappa shape index (κ1) is 16.5. The van der Waals surface area contributed by atoms with Crippen molar-refractivity contribution in [3.63, 3.8) is 0 Å². The topological polar surface area (TPSA) is 72.8 Å². The summed E-state index contributed by atoms with van der Waals surface area (Å²) in [6, 6.07) is 17.2. The lowest BCUT2D eigenvalue weighted by atomic mass is 10.0. The van der Waals surface area contributed by atoms with Crippen LogP contribution in [0.1, 0.15) is 12.0 Å². The number of amides is 1. The van der Waals surface area contributed by atoms with Crippen LogP contribution in [0.3, 0.4) is 0 Å². The van der Waals surface area contributed by atoms with E-state index >= 15 is 0 Å². The number of rotatable bonds is 3. The van der Waals surface area contributed by atoms with E-state index in [0.29, 0.717) is 18.7 Å². The summed E-state index contributed by atoms with van der Waals surface area (Å²) >= 11 is 0. The van der Waals surface area contributed by atoms with Gasteiger partial charge < -0.3 is 14.9 Å². The Morgan fingerprint density at radius 3 is 2.96 bits per heavy atom. The highest BCUT2D eigenvalue weighted by Crippen LogP contribution is 2.29. The average molecular weight is 371 g/mol. The Morgan fingerprint density at radius 1 is 1.07 bits per heavy atom. The van der Waals surface area contributed by atoms with Crippen LogP contribution in [-0.2, 0) is 9.63 Å². The molecule has 1 unspecified atom stereocenters. The number of carbonyl (C=O) groups excluding carboxylic acids is 1. The molecule has 1 amide bonds. The molecule has 2 aliphatic rings. The second kappa shape index (κ2) is 6.81. The number of anilines is 1. The van der Waals surface area contributed by atoms with Crippen molar-refractivity contribution in [1.29, 1.82) is 0 Å². The summed E-state index contributed by atoms with van der Waals surface area (Å²) in [4.78, 5) is 22.4. The molecule has 0 bridgehead atoms. The minimum Gasteiger partial charge on any atom is -0.488 e. The van der Waals surface area contributed by atoms with Crippen molar-refractivity contribution in [1.82, 2.24) is 4.98 Å². The summed E-state index contributed by atoms with van der Waals surface area (Å²) in [6.45, 7) is 0.419. The highest BCUT2D eigenvalue weighted by molar-refractivity contribution is 6.10. The molecule has 0 saturated heterocycles. The van der Waals surface area contributed by atoms with Crippen LogP contribution in [0.25, 0.3) is 17.0 Å². The van der Waals surface area contributed by atoms with Gasteiger partial charge in [0, 0.05) is 29.1 Å². The quantitative estimate of drug-likeness (QED) is 0.760. The zero-order valence-corrected chi connectivity index (χ0v) is 15.0. The lowest BCUT2D eigenvalue weighted by Crippen LogP contribution is -2.28. The maximum Gasteiger partial charge on any atom is 0.268 e. The Kier molecular flexibility index (Phi) is 4.01. The largest absolute Gasteiger partial charge is 0.488 e. The molecule has 6 heteroatoms. The number of ether oxygens (including phenoxy) is 1. The molecule has 0 fully saturated rings. The minimum absolute atomic E-state index is 0.229. The van der Waals surface area contributed by atoms with Crippen LogP contribution < -0.4 is 10.1 Å². The number of aromatic nitrogens is 1. The summed E-state index contributed by atoms with van der Waals surface area (Å²) < 4.78 is 5.78. The number of oxime groups is 1. The lowest BCUT2D eigenvalue weighted by Gasteiger charge is -2.17. The van der Waals surface area contributed by atoms with Crippen molar-refractivity contribution in [2.45, 2.75) is 12.5 Å². The van der Waals surface area contributed by atoms with Crippen LogP contribution in [0.5, 0.6) is 5.75 Å². The van der Waals surface area contributed by atoms with E-state index in [4.69, 9.17) is 9.57 Å². The van der Waals surface area contributed by atoms with Crippen molar-refractivity contribution < 1.29 is 14.4 Å². The Bertz CT molecular complexity index is 1130. The van der Waals surface area contributed by atoms with E-state index in [1.54, 1.807) is 6.20 Å². The molecular weight excluding hydrogens is 354 g/mol. The summed E-state index contributed by atoms with van der Waals surface area (Å²) in [7, 11) is 0. The van der Waals surface area contributed by atoms with Crippen LogP contribution in [-0.4, -0.2) is 29.3 Å². The molecule has 0 saturated carbocycles. The maximum absolute atomic E-state index is 12.7. The smallest absolute Gasteiger partial charge is 0.268 e. The van der Waals surface area contributed by atoms with Crippen LogP contribution >= 0.6 is 0 Å². The minimum atomic E-state index is -0.667. The first-order valence-corrected chi connectivity index (χ1v) is 9.08. The molecule has 0 aliphatic carbocycles. The van der Waals surface area contributed by atoms with Crippen molar-refractivity contribution >= 4 is 34.3 Å². The molecule has 0 radical (unpaired) electrons. The fourth-order valence-electron chi connectivity index (χ4n) is 3.42. The standard InChI is InChI=1S/C22H17N3O3/c26-22(24-18-8-3-7-17-16(18)6-4-10-23-17)21-12-19(25-28-21)15-11-14-5-1-2-9-20(14)27-13-15/h1-11,21H,12-13H2,(H,24,26). The second-order valence-corrected chi connectivity index (χ2v) is 6.70. The van der Waals surface area contributed by atoms with Gasteiger partial charge in [0.05, 0.1) is 16.9 Å². The molecule has 28 heavy (non-hydrogen) atoms. The zero-order chi connectivity index (χ0) is 18.9. The van der Waals surface area contributed by atoms with Gasteiger partial charge in [-0.1, -0.05) is 29.4 Å².